The SMILES string of the molecule is CCCNCCCN1CCOCC1(C)C. The second-order valence-corrected chi connectivity index (χ2v) is 4.96. The van der Waals surface area contributed by atoms with Crippen molar-refractivity contribution < 1.29 is 4.74 Å². The number of hydrogen-bond acceptors (Lipinski definition) is 3. The van der Waals surface area contributed by atoms with Gasteiger partial charge in [0.15, 0.2) is 0 Å². The van der Waals surface area contributed by atoms with Gasteiger partial charge < -0.3 is 10.1 Å². The van der Waals surface area contributed by atoms with E-state index in [-0.39, 0.29) is 5.54 Å². The van der Waals surface area contributed by atoms with E-state index in [1.54, 1.807) is 0 Å². The number of ether oxygens (including phenoxy) is 1. The van der Waals surface area contributed by atoms with Crippen LogP contribution in [0.3, 0.4) is 0 Å². The van der Waals surface area contributed by atoms with Crippen LogP contribution in [-0.2, 0) is 4.74 Å². The first-order chi connectivity index (χ1) is 7.17. The lowest BCUT2D eigenvalue weighted by molar-refractivity contribution is -0.0510. The summed E-state index contributed by atoms with van der Waals surface area (Å²) in [6.45, 7) is 13.1. The van der Waals surface area contributed by atoms with Crippen molar-refractivity contribution in [3.8, 4) is 0 Å². The molecule has 0 aromatic heterocycles. The largest absolute Gasteiger partial charge is 0.378 e. The molecule has 1 rings (SSSR count). The maximum absolute atomic E-state index is 5.50. The fourth-order valence-corrected chi connectivity index (χ4v) is 2.00. The highest BCUT2D eigenvalue weighted by Gasteiger charge is 2.29. The molecule has 3 nitrogen and oxygen atoms in total. The van der Waals surface area contributed by atoms with Crippen molar-refractivity contribution >= 4 is 0 Å². The van der Waals surface area contributed by atoms with E-state index in [4.69, 9.17) is 4.74 Å². The van der Waals surface area contributed by atoms with Gasteiger partial charge >= 0.3 is 0 Å². The number of hydrogen-bond donors (Lipinski definition) is 1. The molecule has 3 heteroatoms. The molecule has 0 aromatic rings. The molecule has 1 fully saturated rings. The van der Waals surface area contributed by atoms with Crippen LogP contribution < -0.4 is 5.32 Å². The first-order valence-electron chi connectivity index (χ1n) is 6.20. The smallest absolute Gasteiger partial charge is 0.0645 e. The molecule has 0 amide bonds. The van der Waals surface area contributed by atoms with Crippen LogP contribution >= 0.6 is 0 Å². The normalized spacial score (nSPS) is 21.8. The highest BCUT2D eigenvalue weighted by molar-refractivity contribution is 4.84. The number of nitrogens with one attached hydrogen (secondary N) is 1. The van der Waals surface area contributed by atoms with Crippen molar-refractivity contribution in [3.63, 3.8) is 0 Å². The molecule has 0 saturated carbocycles. The van der Waals surface area contributed by atoms with Crippen molar-refractivity contribution in [1.29, 1.82) is 0 Å². The van der Waals surface area contributed by atoms with Gasteiger partial charge in [-0.25, -0.2) is 0 Å². The van der Waals surface area contributed by atoms with Gasteiger partial charge in [0.05, 0.1) is 13.2 Å². The Bertz CT molecular complexity index is 171. The van der Waals surface area contributed by atoms with Crippen LogP contribution in [0.2, 0.25) is 0 Å². The van der Waals surface area contributed by atoms with Crippen LogP contribution in [-0.4, -0.2) is 49.8 Å². The highest BCUT2D eigenvalue weighted by atomic mass is 16.5. The predicted molar refractivity (Wildman–Crippen MR) is 64.2 cm³/mol. The molecule has 1 N–H and O–H groups in total. The minimum absolute atomic E-state index is 0.225. The lowest BCUT2D eigenvalue weighted by atomic mass is 10.0. The lowest BCUT2D eigenvalue weighted by Gasteiger charge is -2.42. The fraction of sp³-hybridized carbons (Fsp3) is 1.00. The zero-order valence-corrected chi connectivity index (χ0v) is 10.5. The summed E-state index contributed by atoms with van der Waals surface area (Å²) < 4.78 is 5.50. The molecular formula is C12H26N2O. The number of morpholine rings is 1. The van der Waals surface area contributed by atoms with Crippen LogP contribution in [0.5, 0.6) is 0 Å². The Kier molecular flexibility index (Phi) is 5.58. The molecule has 90 valence electrons. The molecule has 1 aliphatic rings. The Morgan fingerprint density at radius 3 is 2.80 bits per heavy atom. The second-order valence-electron chi connectivity index (χ2n) is 4.96. The number of nitrogens with zero attached hydrogens (tertiary/aromatic N) is 1. The van der Waals surface area contributed by atoms with Crippen LogP contribution in [0.1, 0.15) is 33.6 Å². The van der Waals surface area contributed by atoms with Gasteiger partial charge in [0.1, 0.15) is 0 Å². The topological polar surface area (TPSA) is 24.5 Å². The monoisotopic (exact) mass is 214 g/mol. The summed E-state index contributed by atoms with van der Waals surface area (Å²) in [7, 11) is 0. The third-order valence-electron chi connectivity index (χ3n) is 3.03. The molecule has 0 aromatic carbocycles. The van der Waals surface area contributed by atoms with Crippen LogP contribution in [0, 0.1) is 0 Å². The van der Waals surface area contributed by atoms with Gasteiger partial charge in [0.2, 0.25) is 0 Å². The Morgan fingerprint density at radius 2 is 2.13 bits per heavy atom. The van der Waals surface area contributed by atoms with Crippen molar-refractivity contribution in [2.24, 2.45) is 0 Å². The van der Waals surface area contributed by atoms with Gasteiger partial charge in [-0.15, -0.1) is 0 Å². The van der Waals surface area contributed by atoms with Crippen molar-refractivity contribution in [2.45, 2.75) is 39.2 Å². The summed E-state index contributed by atoms with van der Waals surface area (Å²) in [5.74, 6) is 0. The third kappa shape index (κ3) is 4.49. The summed E-state index contributed by atoms with van der Waals surface area (Å²) >= 11 is 0. The summed E-state index contributed by atoms with van der Waals surface area (Å²) in [5.41, 5.74) is 0.225. The molecule has 1 saturated heterocycles. The van der Waals surface area contributed by atoms with Gasteiger partial charge in [-0.1, -0.05) is 6.92 Å². The lowest BCUT2D eigenvalue weighted by Crippen LogP contribution is -2.53. The summed E-state index contributed by atoms with van der Waals surface area (Å²) in [6, 6.07) is 0. The van der Waals surface area contributed by atoms with E-state index in [0.29, 0.717) is 0 Å². The van der Waals surface area contributed by atoms with Crippen LogP contribution in [0.25, 0.3) is 0 Å². The molecule has 0 unspecified atom stereocenters. The zero-order valence-electron chi connectivity index (χ0n) is 10.5. The Balaban J connectivity index is 2.13. The van der Waals surface area contributed by atoms with E-state index >= 15 is 0 Å². The summed E-state index contributed by atoms with van der Waals surface area (Å²) in [6.07, 6.45) is 2.46. The first kappa shape index (κ1) is 12.9. The minimum atomic E-state index is 0.225. The minimum Gasteiger partial charge on any atom is -0.378 e. The molecule has 0 atom stereocenters. The van der Waals surface area contributed by atoms with E-state index in [1.807, 2.05) is 0 Å². The van der Waals surface area contributed by atoms with Gasteiger partial charge in [0.25, 0.3) is 0 Å². The molecule has 0 bridgehead atoms. The summed E-state index contributed by atoms with van der Waals surface area (Å²) in [4.78, 5) is 2.55. The summed E-state index contributed by atoms with van der Waals surface area (Å²) in [5, 5.41) is 3.44. The molecule has 0 radical (unpaired) electrons. The third-order valence-corrected chi connectivity index (χ3v) is 3.03. The van der Waals surface area contributed by atoms with Crippen molar-refractivity contribution in [3.05, 3.63) is 0 Å². The standard InChI is InChI=1S/C12H26N2O/c1-4-6-13-7-5-8-14-9-10-15-11-12(14,2)3/h13H,4-11H2,1-3H3. The maximum Gasteiger partial charge on any atom is 0.0645 e. The van der Waals surface area contributed by atoms with Crippen molar-refractivity contribution in [2.75, 3.05) is 39.4 Å². The average Bonchev–Trinajstić information content (AvgIpc) is 2.19. The Labute approximate surface area is 94.2 Å². The molecule has 1 heterocycles. The van der Waals surface area contributed by atoms with Crippen molar-refractivity contribution in [1.82, 2.24) is 10.2 Å². The highest BCUT2D eigenvalue weighted by Crippen LogP contribution is 2.18. The first-order valence-corrected chi connectivity index (χ1v) is 6.20. The van der Waals surface area contributed by atoms with Crippen LogP contribution in [0.15, 0.2) is 0 Å². The predicted octanol–water partition coefficient (Wildman–Crippen LogP) is 1.49. The zero-order chi connectivity index (χ0) is 11.1. The van der Waals surface area contributed by atoms with E-state index in [9.17, 15) is 0 Å². The van der Waals surface area contributed by atoms with Gasteiger partial charge in [0, 0.05) is 18.6 Å². The van der Waals surface area contributed by atoms with Crippen LogP contribution in [0.4, 0.5) is 0 Å². The molecule has 15 heavy (non-hydrogen) atoms. The molecule has 1 aliphatic heterocycles. The second kappa shape index (κ2) is 6.46. The van der Waals surface area contributed by atoms with E-state index in [1.165, 1.54) is 19.4 Å². The van der Waals surface area contributed by atoms with E-state index in [2.05, 4.69) is 31.0 Å². The van der Waals surface area contributed by atoms with Gasteiger partial charge in [-0.3, -0.25) is 4.90 Å². The molecule has 0 spiro atoms. The maximum atomic E-state index is 5.50. The fourth-order valence-electron chi connectivity index (χ4n) is 2.00. The van der Waals surface area contributed by atoms with E-state index in [0.717, 1.165) is 32.8 Å². The Morgan fingerprint density at radius 1 is 1.33 bits per heavy atom. The molecular weight excluding hydrogens is 188 g/mol. The average molecular weight is 214 g/mol. The molecule has 0 aliphatic carbocycles. The van der Waals surface area contributed by atoms with E-state index < -0.39 is 0 Å². The van der Waals surface area contributed by atoms with Gasteiger partial charge in [-0.2, -0.15) is 0 Å². The Hall–Kier alpha value is -0.120. The quantitative estimate of drug-likeness (QED) is 0.678. The number of rotatable bonds is 6. The van der Waals surface area contributed by atoms with Gasteiger partial charge in [-0.05, 0) is 39.8 Å².